The first-order valence-corrected chi connectivity index (χ1v) is 8.30. The number of rotatable bonds is 4. The van der Waals surface area contributed by atoms with E-state index >= 15 is 0 Å². The number of hydrogen-bond acceptors (Lipinski definition) is 5. The molecule has 0 aliphatic rings. The number of aryl methyl sites for hydroxylation is 1. The van der Waals surface area contributed by atoms with Crippen molar-refractivity contribution in [3.63, 3.8) is 0 Å². The van der Waals surface area contributed by atoms with Gasteiger partial charge in [-0.2, -0.15) is 12.8 Å². The van der Waals surface area contributed by atoms with Gasteiger partial charge in [-0.1, -0.05) is 30.1 Å². The standard InChI is InChI=1S/C12H12Cl2N4O3S/c1-2-10-16-6-11(17-10)22(20,21)18(15)12(19)8-4-3-7(13)5-9(8)14/h3-6H,2,15H2,1H3,(H,16,17). The number of aromatic nitrogens is 2. The van der Waals surface area contributed by atoms with Crippen molar-refractivity contribution in [3.8, 4) is 0 Å². The summed E-state index contributed by atoms with van der Waals surface area (Å²) in [5, 5.41) is 0.0430. The van der Waals surface area contributed by atoms with Crippen LogP contribution in [0.2, 0.25) is 10.0 Å². The number of amides is 1. The summed E-state index contributed by atoms with van der Waals surface area (Å²) >= 11 is 11.6. The maximum atomic E-state index is 12.3. The van der Waals surface area contributed by atoms with E-state index in [4.69, 9.17) is 29.0 Å². The molecule has 0 atom stereocenters. The second kappa shape index (κ2) is 6.25. The molecule has 0 fully saturated rings. The molecule has 0 aliphatic carbocycles. The highest BCUT2D eigenvalue weighted by atomic mass is 35.5. The molecule has 0 spiro atoms. The SMILES string of the molecule is CCc1ncc(S(=O)(=O)N(N)C(=O)c2ccc(Cl)cc2Cl)[nH]1. The Morgan fingerprint density at radius 3 is 2.64 bits per heavy atom. The number of sulfonamides is 1. The summed E-state index contributed by atoms with van der Waals surface area (Å²) in [4.78, 5) is 18.7. The Labute approximate surface area is 137 Å². The molecule has 1 aromatic carbocycles. The van der Waals surface area contributed by atoms with Gasteiger partial charge in [-0.15, -0.1) is 0 Å². The van der Waals surface area contributed by atoms with E-state index in [2.05, 4.69) is 9.97 Å². The molecule has 1 aromatic heterocycles. The van der Waals surface area contributed by atoms with Gasteiger partial charge in [0.15, 0.2) is 5.03 Å². The number of nitrogens with one attached hydrogen (secondary N) is 1. The lowest BCUT2D eigenvalue weighted by molar-refractivity contribution is 0.0861. The molecule has 118 valence electrons. The van der Waals surface area contributed by atoms with Gasteiger partial charge in [0.25, 0.3) is 15.9 Å². The van der Waals surface area contributed by atoms with Crippen LogP contribution in [0, 0.1) is 0 Å². The average molecular weight is 363 g/mol. The molecule has 0 bridgehead atoms. The number of H-pyrrole nitrogens is 1. The van der Waals surface area contributed by atoms with Crippen LogP contribution in [0.15, 0.2) is 29.4 Å². The van der Waals surface area contributed by atoms with Gasteiger partial charge in [0.1, 0.15) is 5.82 Å². The smallest absolute Gasteiger partial charge is 0.297 e. The van der Waals surface area contributed by atoms with E-state index in [1.807, 2.05) is 0 Å². The second-order valence-electron chi connectivity index (χ2n) is 4.28. The molecule has 0 saturated carbocycles. The first kappa shape index (κ1) is 16.8. The highest BCUT2D eigenvalue weighted by Crippen LogP contribution is 2.23. The predicted octanol–water partition coefficient (Wildman–Crippen LogP) is 1.98. The lowest BCUT2D eigenvalue weighted by atomic mass is 10.2. The van der Waals surface area contributed by atoms with Crippen molar-refractivity contribution in [2.45, 2.75) is 18.4 Å². The summed E-state index contributed by atoms with van der Waals surface area (Å²) in [5.41, 5.74) is -0.0765. The maximum absolute atomic E-state index is 12.3. The Bertz CT molecular complexity index is 820. The zero-order chi connectivity index (χ0) is 16.5. The minimum atomic E-state index is -4.25. The van der Waals surface area contributed by atoms with Crippen molar-refractivity contribution in [2.24, 2.45) is 5.84 Å². The molecule has 1 heterocycles. The van der Waals surface area contributed by atoms with E-state index in [9.17, 15) is 13.2 Å². The number of aromatic amines is 1. The molecule has 22 heavy (non-hydrogen) atoms. The van der Waals surface area contributed by atoms with Crippen LogP contribution in [0.1, 0.15) is 23.1 Å². The van der Waals surface area contributed by atoms with Gasteiger partial charge in [0, 0.05) is 11.4 Å². The lowest BCUT2D eigenvalue weighted by Crippen LogP contribution is -2.42. The van der Waals surface area contributed by atoms with Crippen molar-refractivity contribution < 1.29 is 13.2 Å². The van der Waals surface area contributed by atoms with E-state index in [-0.39, 0.29) is 20.0 Å². The summed E-state index contributed by atoms with van der Waals surface area (Å²) in [6.45, 7) is 1.80. The minimum Gasteiger partial charge on any atom is -0.332 e. The second-order valence-corrected chi connectivity index (χ2v) is 6.90. The number of hydrazine groups is 1. The summed E-state index contributed by atoms with van der Waals surface area (Å²) in [7, 11) is -4.25. The predicted molar refractivity (Wildman–Crippen MR) is 82.0 cm³/mol. The van der Waals surface area contributed by atoms with E-state index in [0.29, 0.717) is 17.3 Å². The van der Waals surface area contributed by atoms with Crippen LogP contribution in [-0.2, 0) is 16.4 Å². The Balaban J connectivity index is 2.37. The summed E-state index contributed by atoms with van der Waals surface area (Å²) in [6.07, 6.45) is 1.61. The van der Waals surface area contributed by atoms with Crippen molar-refractivity contribution in [1.82, 2.24) is 14.4 Å². The monoisotopic (exact) mass is 362 g/mol. The van der Waals surface area contributed by atoms with Crippen molar-refractivity contribution >= 4 is 39.1 Å². The number of nitrogens with zero attached hydrogens (tertiary/aromatic N) is 2. The zero-order valence-electron chi connectivity index (χ0n) is 11.4. The fraction of sp³-hybridized carbons (Fsp3) is 0.167. The lowest BCUT2D eigenvalue weighted by Gasteiger charge is -2.16. The molecule has 1 amide bonds. The normalized spacial score (nSPS) is 11.5. The van der Waals surface area contributed by atoms with Gasteiger partial charge in [-0.3, -0.25) is 4.79 Å². The van der Waals surface area contributed by atoms with Crippen LogP contribution >= 0.6 is 23.2 Å². The molecule has 0 aliphatic heterocycles. The molecule has 0 unspecified atom stereocenters. The largest absolute Gasteiger partial charge is 0.332 e. The molecule has 0 radical (unpaired) electrons. The van der Waals surface area contributed by atoms with Crippen molar-refractivity contribution in [2.75, 3.05) is 0 Å². The number of nitrogens with two attached hydrogens (primary N) is 1. The van der Waals surface area contributed by atoms with Crippen LogP contribution in [-0.4, -0.2) is 28.7 Å². The van der Waals surface area contributed by atoms with Crippen LogP contribution < -0.4 is 5.84 Å². The molecular formula is C12H12Cl2N4O3S. The van der Waals surface area contributed by atoms with Crippen LogP contribution in [0.5, 0.6) is 0 Å². The van der Waals surface area contributed by atoms with E-state index in [1.54, 1.807) is 6.92 Å². The number of carbonyl (C=O) groups excluding carboxylic acids is 1. The van der Waals surface area contributed by atoms with E-state index < -0.39 is 15.9 Å². The minimum absolute atomic E-state index is 0.00186. The third-order valence-electron chi connectivity index (χ3n) is 2.84. The number of hydrogen-bond donors (Lipinski definition) is 2. The van der Waals surface area contributed by atoms with Gasteiger partial charge in [0.05, 0.1) is 16.8 Å². The average Bonchev–Trinajstić information content (AvgIpc) is 2.95. The molecule has 2 rings (SSSR count). The van der Waals surface area contributed by atoms with E-state index in [0.717, 1.165) is 6.20 Å². The highest BCUT2D eigenvalue weighted by molar-refractivity contribution is 7.89. The highest BCUT2D eigenvalue weighted by Gasteiger charge is 2.30. The van der Waals surface area contributed by atoms with Crippen LogP contribution in [0.4, 0.5) is 0 Å². The number of halogens is 2. The van der Waals surface area contributed by atoms with Gasteiger partial charge >= 0.3 is 0 Å². The summed E-state index contributed by atoms with van der Waals surface area (Å²) in [5.74, 6) is 4.96. The number of carbonyl (C=O) groups is 1. The molecule has 2 aromatic rings. The number of benzene rings is 1. The Kier molecular flexibility index (Phi) is 4.76. The molecule has 10 heteroatoms. The van der Waals surface area contributed by atoms with Gasteiger partial charge in [-0.05, 0) is 18.2 Å². The van der Waals surface area contributed by atoms with Gasteiger partial charge < -0.3 is 4.98 Å². The molecule has 0 saturated heterocycles. The Morgan fingerprint density at radius 2 is 2.09 bits per heavy atom. The van der Waals surface area contributed by atoms with Crippen molar-refractivity contribution in [3.05, 3.63) is 45.8 Å². The maximum Gasteiger partial charge on any atom is 0.297 e. The quantitative estimate of drug-likeness (QED) is 0.490. The van der Waals surface area contributed by atoms with E-state index in [1.165, 1.54) is 18.2 Å². The third kappa shape index (κ3) is 3.09. The first-order chi connectivity index (χ1) is 10.3. The third-order valence-corrected chi connectivity index (χ3v) is 4.83. The van der Waals surface area contributed by atoms with Crippen LogP contribution in [0.25, 0.3) is 0 Å². The molecular weight excluding hydrogens is 351 g/mol. The van der Waals surface area contributed by atoms with Gasteiger partial charge in [-0.25, -0.2) is 10.8 Å². The first-order valence-electron chi connectivity index (χ1n) is 6.10. The fourth-order valence-electron chi connectivity index (χ4n) is 1.65. The van der Waals surface area contributed by atoms with Crippen molar-refractivity contribution in [1.29, 1.82) is 0 Å². The zero-order valence-corrected chi connectivity index (χ0v) is 13.7. The summed E-state index contributed by atoms with van der Waals surface area (Å²) < 4.78 is 24.7. The van der Waals surface area contributed by atoms with Crippen LogP contribution in [0.3, 0.4) is 0 Å². The topological polar surface area (TPSA) is 109 Å². The Morgan fingerprint density at radius 1 is 1.41 bits per heavy atom. The fourth-order valence-corrected chi connectivity index (χ4v) is 3.10. The van der Waals surface area contributed by atoms with Gasteiger partial charge in [0.2, 0.25) is 0 Å². The Hall–Kier alpha value is -1.61. The molecule has 7 nitrogen and oxygen atoms in total. The summed E-state index contributed by atoms with van der Waals surface area (Å²) in [6, 6.07) is 4.03. The number of imidazole rings is 1. The molecule has 3 N–H and O–H groups in total.